The van der Waals surface area contributed by atoms with Crippen molar-refractivity contribution in [3.8, 4) is 0 Å². The minimum Gasteiger partial charge on any atom is -0.481 e. The second kappa shape index (κ2) is 4.85. The number of hydrogen-bond donors (Lipinski definition) is 1. The molecule has 1 saturated carbocycles. The molecule has 0 aromatic rings. The van der Waals surface area contributed by atoms with Gasteiger partial charge in [0.15, 0.2) is 0 Å². The molecule has 5 unspecified atom stereocenters. The molecule has 1 N–H and O–H groups in total. The maximum atomic E-state index is 12.9. The van der Waals surface area contributed by atoms with Gasteiger partial charge in [-0.1, -0.05) is 32.9 Å². The summed E-state index contributed by atoms with van der Waals surface area (Å²) in [5.41, 5.74) is 0.204. The molecule has 5 atom stereocenters. The summed E-state index contributed by atoms with van der Waals surface area (Å²) in [7, 11) is 0. The van der Waals surface area contributed by atoms with Crippen molar-refractivity contribution in [3.05, 3.63) is 12.2 Å². The first-order valence-corrected chi connectivity index (χ1v) is 7.99. The Hall–Kier alpha value is -1.32. The van der Waals surface area contributed by atoms with Crippen LogP contribution in [0.25, 0.3) is 0 Å². The summed E-state index contributed by atoms with van der Waals surface area (Å²) in [5, 5.41) is 9.47. The van der Waals surface area contributed by atoms with Crippen LogP contribution in [-0.2, 0) is 9.59 Å². The first-order chi connectivity index (χ1) is 9.79. The molecular weight excluding hydrogens is 266 g/mol. The first kappa shape index (κ1) is 14.6. The van der Waals surface area contributed by atoms with Crippen LogP contribution in [0.5, 0.6) is 0 Å². The average Bonchev–Trinajstić information content (AvgIpc) is 3.10. The molecule has 3 aliphatic rings. The minimum absolute atomic E-state index is 0.0578. The van der Waals surface area contributed by atoms with E-state index in [2.05, 4.69) is 26.8 Å². The van der Waals surface area contributed by atoms with Crippen molar-refractivity contribution >= 4 is 11.9 Å². The highest BCUT2D eigenvalue weighted by Gasteiger charge is 2.53. The standard InChI is InChI=1S/C17H25NO3/c1-17(2,3)12-6-7-18(9-12)15(19)13-10-4-5-11(8-10)14(13)16(20)21/h4-5,10-14H,6-9H2,1-3H3,(H,20,21). The zero-order valence-electron chi connectivity index (χ0n) is 13.1. The Kier molecular flexibility index (Phi) is 3.38. The summed E-state index contributed by atoms with van der Waals surface area (Å²) in [5.74, 6) is -0.876. The second-order valence-electron chi connectivity index (χ2n) is 7.97. The van der Waals surface area contributed by atoms with E-state index in [-0.39, 0.29) is 29.1 Å². The van der Waals surface area contributed by atoms with Crippen LogP contribution in [0.2, 0.25) is 0 Å². The van der Waals surface area contributed by atoms with Crippen LogP contribution >= 0.6 is 0 Å². The Morgan fingerprint density at radius 2 is 1.76 bits per heavy atom. The third kappa shape index (κ3) is 2.39. The van der Waals surface area contributed by atoms with E-state index in [0.29, 0.717) is 5.92 Å². The summed E-state index contributed by atoms with van der Waals surface area (Å²) in [6, 6.07) is 0. The number of carbonyl (C=O) groups excluding carboxylic acids is 1. The molecule has 116 valence electrons. The predicted molar refractivity (Wildman–Crippen MR) is 79.5 cm³/mol. The van der Waals surface area contributed by atoms with Gasteiger partial charge >= 0.3 is 5.97 Å². The number of nitrogens with zero attached hydrogens (tertiary/aromatic N) is 1. The Labute approximate surface area is 126 Å². The number of fused-ring (bicyclic) bond motifs is 2. The van der Waals surface area contributed by atoms with Gasteiger partial charge in [-0.15, -0.1) is 0 Å². The van der Waals surface area contributed by atoms with Crippen molar-refractivity contribution in [2.24, 2.45) is 35.0 Å². The maximum Gasteiger partial charge on any atom is 0.307 e. The monoisotopic (exact) mass is 291 g/mol. The lowest BCUT2D eigenvalue weighted by molar-refractivity contribution is -0.150. The maximum absolute atomic E-state index is 12.9. The third-order valence-electron chi connectivity index (χ3n) is 5.75. The van der Waals surface area contributed by atoms with Crippen LogP contribution in [0.1, 0.15) is 33.6 Å². The van der Waals surface area contributed by atoms with Gasteiger partial charge in [-0.25, -0.2) is 0 Å². The molecular formula is C17H25NO3. The Morgan fingerprint density at radius 3 is 2.29 bits per heavy atom. The van der Waals surface area contributed by atoms with Gasteiger partial charge in [-0.05, 0) is 36.0 Å². The Morgan fingerprint density at radius 1 is 1.14 bits per heavy atom. The molecule has 0 aromatic carbocycles. The summed E-state index contributed by atoms with van der Waals surface area (Å²) in [6.07, 6.45) is 5.92. The molecule has 1 heterocycles. The Bertz CT molecular complexity index is 491. The summed E-state index contributed by atoms with van der Waals surface area (Å²) >= 11 is 0. The molecule has 2 aliphatic carbocycles. The molecule has 1 saturated heterocycles. The van der Waals surface area contributed by atoms with Gasteiger partial charge in [-0.2, -0.15) is 0 Å². The molecule has 0 aromatic heterocycles. The van der Waals surface area contributed by atoms with Gasteiger partial charge in [0, 0.05) is 13.1 Å². The van der Waals surface area contributed by atoms with Crippen LogP contribution in [0.15, 0.2) is 12.2 Å². The van der Waals surface area contributed by atoms with Crippen LogP contribution in [0.4, 0.5) is 0 Å². The smallest absolute Gasteiger partial charge is 0.307 e. The van der Waals surface area contributed by atoms with Crippen molar-refractivity contribution in [1.82, 2.24) is 4.90 Å². The van der Waals surface area contributed by atoms with Crippen molar-refractivity contribution in [3.63, 3.8) is 0 Å². The molecule has 1 amide bonds. The van der Waals surface area contributed by atoms with Gasteiger partial charge < -0.3 is 10.0 Å². The molecule has 2 fully saturated rings. The van der Waals surface area contributed by atoms with E-state index in [4.69, 9.17) is 0 Å². The highest BCUT2D eigenvalue weighted by atomic mass is 16.4. The summed E-state index contributed by atoms with van der Waals surface area (Å²) < 4.78 is 0. The lowest BCUT2D eigenvalue weighted by Crippen LogP contribution is -2.42. The molecule has 4 nitrogen and oxygen atoms in total. The number of amides is 1. The van der Waals surface area contributed by atoms with Crippen LogP contribution in [-0.4, -0.2) is 35.0 Å². The molecule has 2 bridgehead atoms. The van der Waals surface area contributed by atoms with Crippen molar-refractivity contribution in [1.29, 1.82) is 0 Å². The molecule has 1 aliphatic heterocycles. The average molecular weight is 291 g/mol. The number of carboxylic acid groups (broad SMARTS) is 1. The highest BCUT2D eigenvalue weighted by molar-refractivity contribution is 5.87. The van der Waals surface area contributed by atoms with E-state index in [9.17, 15) is 14.7 Å². The van der Waals surface area contributed by atoms with Crippen LogP contribution < -0.4 is 0 Å². The lowest BCUT2D eigenvalue weighted by Gasteiger charge is -2.30. The fraction of sp³-hybridized carbons (Fsp3) is 0.765. The van der Waals surface area contributed by atoms with Crippen LogP contribution in [0.3, 0.4) is 0 Å². The van der Waals surface area contributed by atoms with Crippen molar-refractivity contribution < 1.29 is 14.7 Å². The highest BCUT2D eigenvalue weighted by Crippen LogP contribution is 2.49. The molecule has 4 heteroatoms. The predicted octanol–water partition coefficient (Wildman–Crippen LogP) is 2.40. The summed E-state index contributed by atoms with van der Waals surface area (Å²) in [6.45, 7) is 8.21. The van der Waals surface area contributed by atoms with E-state index in [1.54, 1.807) is 0 Å². The molecule has 3 rings (SSSR count). The lowest BCUT2D eigenvalue weighted by atomic mass is 9.80. The van der Waals surface area contributed by atoms with E-state index < -0.39 is 11.9 Å². The van der Waals surface area contributed by atoms with Crippen molar-refractivity contribution in [2.45, 2.75) is 33.6 Å². The SMILES string of the molecule is CC(C)(C)C1CCN(C(=O)C2C3C=CC(C3)C2C(=O)O)C1. The second-order valence-corrected chi connectivity index (χ2v) is 7.97. The number of rotatable bonds is 2. The van der Waals surface area contributed by atoms with Gasteiger partial charge in [-0.3, -0.25) is 9.59 Å². The number of likely N-dealkylation sites (tertiary alicyclic amines) is 1. The number of aliphatic carboxylic acids is 1. The van der Waals surface area contributed by atoms with E-state index in [0.717, 1.165) is 25.9 Å². The topological polar surface area (TPSA) is 57.6 Å². The van der Waals surface area contributed by atoms with E-state index in [1.807, 2.05) is 11.0 Å². The van der Waals surface area contributed by atoms with E-state index in [1.165, 1.54) is 0 Å². The zero-order valence-corrected chi connectivity index (χ0v) is 13.1. The van der Waals surface area contributed by atoms with E-state index >= 15 is 0 Å². The number of carboxylic acids is 1. The fourth-order valence-corrected chi connectivity index (χ4v) is 4.37. The molecule has 0 radical (unpaired) electrons. The number of allylic oxidation sites excluding steroid dienone is 2. The fourth-order valence-electron chi connectivity index (χ4n) is 4.37. The number of hydrogen-bond acceptors (Lipinski definition) is 2. The first-order valence-electron chi connectivity index (χ1n) is 7.99. The molecule has 21 heavy (non-hydrogen) atoms. The minimum atomic E-state index is -0.809. The van der Waals surface area contributed by atoms with Crippen molar-refractivity contribution in [2.75, 3.05) is 13.1 Å². The van der Waals surface area contributed by atoms with Gasteiger partial charge in [0.05, 0.1) is 11.8 Å². The van der Waals surface area contributed by atoms with Gasteiger partial charge in [0.25, 0.3) is 0 Å². The quantitative estimate of drug-likeness (QED) is 0.795. The molecule has 0 spiro atoms. The largest absolute Gasteiger partial charge is 0.481 e. The van der Waals surface area contributed by atoms with Gasteiger partial charge in [0.2, 0.25) is 5.91 Å². The number of carbonyl (C=O) groups is 2. The Balaban J connectivity index is 1.74. The van der Waals surface area contributed by atoms with Crippen LogP contribution in [0, 0.1) is 35.0 Å². The van der Waals surface area contributed by atoms with Gasteiger partial charge in [0.1, 0.15) is 0 Å². The summed E-state index contributed by atoms with van der Waals surface area (Å²) in [4.78, 5) is 26.3. The third-order valence-corrected chi connectivity index (χ3v) is 5.75. The zero-order chi connectivity index (χ0) is 15.4. The normalized spacial score (nSPS) is 38.2.